The van der Waals surface area contributed by atoms with Gasteiger partial charge in [0.1, 0.15) is 0 Å². The van der Waals surface area contributed by atoms with Crippen LogP contribution in [0.5, 0.6) is 0 Å². The fraction of sp³-hybridized carbons (Fsp3) is 0.667. The molecular weight excluding hydrogens is 204 g/mol. The molecule has 0 aromatic carbocycles. The molecule has 1 aromatic rings. The molecule has 3 heteroatoms. The average molecular weight is 226 g/mol. The number of rotatable bonds is 7. The van der Waals surface area contributed by atoms with Crippen molar-refractivity contribution >= 4 is 11.3 Å². The number of likely N-dealkylation sites (N-methyl/N-ethyl adjacent to an activating group) is 2. The smallest absolute Gasteiger partial charge is 0.0104 e. The standard InChI is InChI=1S/C12H22N2S/c1-4-13-7-9-14(3)8-5-12-11(2)6-10-15-12/h6,10,13H,4-5,7-9H2,1-3H3. The quantitative estimate of drug-likeness (QED) is 0.717. The maximum Gasteiger partial charge on any atom is 0.0104 e. The van der Waals surface area contributed by atoms with Crippen molar-refractivity contribution in [3.8, 4) is 0 Å². The largest absolute Gasteiger partial charge is 0.316 e. The van der Waals surface area contributed by atoms with Gasteiger partial charge >= 0.3 is 0 Å². The van der Waals surface area contributed by atoms with Crippen LogP contribution >= 0.6 is 11.3 Å². The summed E-state index contributed by atoms with van der Waals surface area (Å²) >= 11 is 1.88. The summed E-state index contributed by atoms with van der Waals surface area (Å²) in [4.78, 5) is 3.92. The van der Waals surface area contributed by atoms with Gasteiger partial charge in [0, 0.05) is 24.5 Å². The second kappa shape index (κ2) is 6.99. The van der Waals surface area contributed by atoms with Crippen molar-refractivity contribution < 1.29 is 0 Å². The van der Waals surface area contributed by atoms with Gasteiger partial charge in [-0.05, 0) is 43.9 Å². The predicted molar refractivity (Wildman–Crippen MR) is 68.8 cm³/mol. The van der Waals surface area contributed by atoms with Crippen LogP contribution in [-0.2, 0) is 6.42 Å². The average Bonchev–Trinajstić information content (AvgIpc) is 2.61. The molecule has 86 valence electrons. The normalized spacial score (nSPS) is 11.2. The molecule has 0 saturated carbocycles. The minimum atomic E-state index is 1.07. The fourth-order valence-corrected chi connectivity index (χ4v) is 2.41. The Kier molecular flexibility index (Phi) is 5.91. The van der Waals surface area contributed by atoms with Gasteiger partial charge in [0.05, 0.1) is 0 Å². The number of aryl methyl sites for hydroxylation is 1. The Balaban J connectivity index is 2.16. The van der Waals surface area contributed by atoms with E-state index in [2.05, 4.69) is 42.6 Å². The molecule has 0 radical (unpaired) electrons. The van der Waals surface area contributed by atoms with Gasteiger partial charge in [-0.2, -0.15) is 0 Å². The topological polar surface area (TPSA) is 15.3 Å². The number of hydrogen-bond donors (Lipinski definition) is 1. The molecule has 0 aliphatic rings. The zero-order valence-corrected chi connectivity index (χ0v) is 10.9. The molecule has 0 aliphatic heterocycles. The van der Waals surface area contributed by atoms with E-state index in [9.17, 15) is 0 Å². The van der Waals surface area contributed by atoms with E-state index >= 15 is 0 Å². The van der Waals surface area contributed by atoms with Gasteiger partial charge in [0.2, 0.25) is 0 Å². The summed E-state index contributed by atoms with van der Waals surface area (Å²) < 4.78 is 0. The highest BCUT2D eigenvalue weighted by atomic mass is 32.1. The van der Waals surface area contributed by atoms with Gasteiger partial charge < -0.3 is 10.2 Å². The molecule has 0 aliphatic carbocycles. The first kappa shape index (κ1) is 12.7. The third kappa shape index (κ3) is 4.78. The van der Waals surface area contributed by atoms with Crippen LogP contribution in [0.2, 0.25) is 0 Å². The van der Waals surface area contributed by atoms with Crippen LogP contribution in [0.1, 0.15) is 17.4 Å². The molecule has 0 fully saturated rings. The molecule has 1 N–H and O–H groups in total. The summed E-state index contributed by atoms with van der Waals surface area (Å²) in [5.41, 5.74) is 1.44. The zero-order chi connectivity index (χ0) is 11.1. The molecule has 0 spiro atoms. The highest BCUT2D eigenvalue weighted by Crippen LogP contribution is 2.15. The maximum absolute atomic E-state index is 3.34. The molecule has 0 amide bonds. The third-order valence-corrected chi connectivity index (χ3v) is 3.69. The van der Waals surface area contributed by atoms with Crippen molar-refractivity contribution in [2.75, 3.05) is 33.2 Å². The molecule has 0 bridgehead atoms. The first-order chi connectivity index (χ1) is 7.24. The number of nitrogens with zero attached hydrogens (tertiary/aromatic N) is 1. The monoisotopic (exact) mass is 226 g/mol. The zero-order valence-electron chi connectivity index (χ0n) is 10.0. The Morgan fingerprint density at radius 3 is 2.80 bits per heavy atom. The van der Waals surface area contributed by atoms with Crippen molar-refractivity contribution in [3.63, 3.8) is 0 Å². The minimum absolute atomic E-state index is 1.07. The van der Waals surface area contributed by atoms with Crippen LogP contribution in [0.15, 0.2) is 11.4 Å². The highest BCUT2D eigenvalue weighted by Gasteiger charge is 2.02. The maximum atomic E-state index is 3.34. The molecule has 0 saturated heterocycles. The van der Waals surface area contributed by atoms with Crippen LogP contribution in [0, 0.1) is 6.92 Å². The van der Waals surface area contributed by atoms with Gasteiger partial charge in [0.15, 0.2) is 0 Å². The summed E-state index contributed by atoms with van der Waals surface area (Å²) in [6, 6.07) is 2.21. The first-order valence-corrected chi connectivity index (χ1v) is 6.54. The van der Waals surface area contributed by atoms with Crippen LogP contribution in [0.4, 0.5) is 0 Å². The lowest BCUT2D eigenvalue weighted by atomic mass is 10.2. The Morgan fingerprint density at radius 2 is 2.20 bits per heavy atom. The Morgan fingerprint density at radius 1 is 1.40 bits per heavy atom. The Hall–Kier alpha value is -0.380. The van der Waals surface area contributed by atoms with Gasteiger partial charge in [0.25, 0.3) is 0 Å². The molecule has 2 nitrogen and oxygen atoms in total. The van der Waals surface area contributed by atoms with Crippen LogP contribution in [-0.4, -0.2) is 38.1 Å². The van der Waals surface area contributed by atoms with E-state index in [0.29, 0.717) is 0 Å². The Bertz CT molecular complexity index is 270. The van der Waals surface area contributed by atoms with E-state index in [1.54, 1.807) is 0 Å². The number of thiophene rings is 1. The second-order valence-electron chi connectivity index (χ2n) is 3.93. The molecule has 1 aromatic heterocycles. The SMILES string of the molecule is CCNCCN(C)CCc1sccc1C. The van der Waals surface area contributed by atoms with Gasteiger partial charge in [-0.1, -0.05) is 6.92 Å². The molecule has 0 unspecified atom stereocenters. The lowest BCUT2D eigenvalue weighted by molar-refractivity contribution is 0.337. The van der Waals surface area contributed by atoms with Gasteiger partial charge in [-0.15, -0.1) is 11.3 Å². The van der Waals surface area contributed by atoms with Crippen LogP contribution in [0.3, 0.4) is 0 Å². The molecule has 0 atom stereocenters. The molecule has 15 heavy (non-hydrogen) atoms. The van der Waals surface area contributed by atoms with E-state index in [1.807, 2.05) is 11.3 Å². The molecule has 1 rings (SSSR count). The summed E-state index contributed by atoms with van der Waals surface area (Å²) in [7, 11) is 2.19. The summed E-state index contributed by atoms with van der Waals surface area (Å²) in [6.07, 6.45) is 1.19. The van der Waals surface area contributed by atoms with Crippen molar-refractivity contribution in [2.24, 2.45) is 0 Å². The summed E-state index contributed by atoms with van der Waals surface area (Å²) in [5.74, 6) is 0. The third-order valence-electron chi connectivity index (χ3n) is 2.61. The van der Waals surface area contributed by atoms with E-state index in [-0.39, 0.29) is 0 Å². The van der Waals surface area contributed by atoms with Gasteiger partial charge in [-0.25, -0.2) is 0 Å². The minimum Gasteiger partial charge on any atom is -0.316 e. The second-order valence-corrected chi connectivity index (χ2v) is 4.93. The highest BCUT2D eigenvalue weighted by molar-refractivity contribution is 7.10. The van der Waals surface area contributed by atoms with Crippen LogP contribution in [0.25, 0.3) is 0 Å². The summed E-state index contributed by atoms with van der Waals surface area (Å²) in [6.45, 7) is 8.80. The van der Waals surface area contributed by atoms with E-state index in [0.717, 1.165) is 26.2 Å². The van der Waals surface area contributed by atoms with E-state index in [1.165, 1.54) is 16.9 Å². The first-order valence-electron chi connectivity index (χ1n) is 5.66. The molecular formula is C12H22N2S. The lowest BCUT2D eigenvalue weighted by Crippen LogP contribution is -2.30. The number of hydrogen-bond acceptors (Lipinski definition) is 3. The van der Waals surface area contributed by atoms with E-state index in [4.69, 9.17) is 0 Å². The lowest BCUT2D eigenvalue weighted by Gasteiger charge is -2.16. The van der Waals surface area contributed by atoms with Crippen molar-refractivity contribution in [3.05, 3.63) is 21.9 Å². The van der Waals surface area contributed by atoms with Crippen molar-refractivity contribution in [1.29, 1.82) is 0 Å². The van der Waals surface area contributed by atoms with Gasteiger partial charge in [-0.3, -0.25) is 0 Å². The van der Waals surface area contributed by atoms with Crippen molar-refractivity contribution in [2.45, 2.75) is 20.3 Å². The Labute approximate surface area is 97.3 Å². The molecule has 1 heterocycles. The summed E-state index contributed by atoms with van der Waals surface area (Å²) in [5, 5.41) is 5.53. The van der Waals surface area contributed by atoms with E-state index < -0.39 is 0 Å². The fourth-order valence-electron chi connectivity index (χ4n) is 1.51. The van der Waals surface area contributed by atoms with Crippen LogP contribution < -0.4 is 5.32 Å². The van der Waals surface area contributed by atoms with Crippen molar-refractivity contribution in [1.82, 2.24) is 10.2 Å². The number of nitrogens with one attached hydrogen (secondary N) is 1. The predicted octanol–water partition coefficient (Wildman–Crippen LogP) is 2.14.